The first kappa shape index (κ1) is 34.7. The van der Waals surface area contributed by atoms with E-state index in [2.05, 4.69) is 84.9 Å². The molecular formula is C34H39Cl4NOP2Si. The lowest BCUT2D eigenvalue weighted by molar-refractivity contribution is 0.502. The third-order valence-electron chi connectivity index (χ3n) is 8.28. The Morgan fingerprint density at radius 1 is 0.581 bits per heavy atom. The van der Waals surface area contributed by atoms with Crippen molar-refractivity contribution >= 4 is 65.8 Å². The van der Waals surface area contributed by atoms with Gasteiger partial charge in [0.25, 0.3) is 0 Å². The first-order valence-electron chi connectivity index (χ1n) is 14.6. The van der Waals surface area contributed by atoms with Gasteiger partial charge in [-0.1, -0.05) is 133 Å². The van der Waals surface area contributed by atoms with Gasteiger partial charge >= 0.3 is 6.73 Å². The Hall–Kier alpha value is -1.12. The molecule has 6 rings (SSSR count). The van der Waals surface area contributed by atoms with Crippen LogP contribution >= 0.6 is 59.0 Å². The highest BCUT2D eigenvalue weighted by atomic mass is 35.8. The maximum atomic E-state index is 13.9. The minimum atomic E-state index is -2.47. The predicted octanol–water partition coefficient (Wildman–Crippen LogP) is 12.4. The summed E-state index contributed by atoms with van der Waals surface area (Å²) >= 11 is 21.6. The molecule has 0 aromatic heterocycles. The van der Waals surface area contributed by atoms with E-state index in [1.54, 1.807) is 0 Å². The lowest BCUT2D eigenvalue weighted by Crippen LogP contribution is -2.14. The minimum absolute atomic E-state index is 0.152. The van der Waals surface area contributed by atoms with Crippen molar-refractivity contribution in [1.29, 1.82) is 0 Å². The van der Waals surface area contributed by atoms with E-state index in [0.29, 0.717) is 11.3 Å². The van der Waals surface area contributed by atoms with Crippen LogP contribution in [0.1, 0.15) is 70.6 Å². The summed E-state index contributed by atoms with van der Waals surface area (Å²) in [6.45, 7) is -1.72. The first-order valence-corrected chi connectivity index (χ1v) is 24.0. The van der Waals surface area contributed by atoms with Gasteiger partial charge < -0.3 is 4.57 Å². The SMILES string of the molecule is CN(C)P1(=O)[C@@H](c2ccccc2)CC[C@@H]1c1ccccc1.ClP1[C@@H](c2ccccc2)CC[C@@H]1c1ccccc1.Cl[SiH](Cl)Cl. The molecule has 2 nitrogen and oxygen atoms in total. The zero-order valence-electron chi connectivity index (χ0n) is 24.5. The van der Waals surface area contributed by atoms with Crippen molar-refractivity contribution in [2.45, 2.75) is 48.3 Å². The van der Waals surface area contributed by atoms with E-state index in [-0.39, 0.29) is 11.3 Å². The summed E-state index contributed by atoms with van der Waals surface area (Å²) in [5.74, 6) is 0. The molecule has 0 spiro atoms. The van der Waals surface area contributed by atoms with E-state index < -0.39 is 21.3 Å². The zero-order valence-corrected chi connectivity index (χ0v) is 30.5. The summed E-state index contributed by atoms with van der Waals surface area (Å²) in [6, 6.07) is 42.2. The normalized spacial score (nSPS) is 22.9. The number of rotatable bonds is 5. The van der Waals surface area contributed by atoms with E-state index in [0.717, 1.165) is 12.8 Å². The Morgan fingerprint density at radius 2 is 0.860 bits per heavy atom. The van der Waals surface area contributed by atoms with Gasteiger partial charge in [-0.15, -0.1) is 33.2 Å². The van der Waals surface area contributed by atoms with Gasteiger partial charge in [-0.2, -0.15) is 0 Å². The van der Waals surface area contributed by atoms with Crippen molar-refractivity contribution in [3.63, 3.8) is 0 Å². The zero-order chi connectivity index (χ0) is 30.8. The molecule has 4 aromatic carbocycles. The Balaban J connectivity index is 0.000000177. The summed E-state index contributed by atoms with van der Waals surface area (Å²) < 4.78 is 15.9. The van der Waals surface area contributed by atoms with Crippen molar-refractivity contribution in [3.05, 3.63) is 144 Å². The molecule has 0 amide bonds. The average Bonchev–Trinajstić information content (AvgIpc) is 3.59. The molecule has 9 heteroatoms. The molecule has 4 atom stereocenters. The van der Waals surface area contributed by atoms with Crippen molar-refractivity contribution in [1.82, 2.24) is 4.67 Å². The lowest BCUT2D eigenvalue weighted by Gasteiger charge is -2.32. The molecule has 0 radical (unpaired) electrons. The topological polar surface area (TPSA) is 20.3 Å². The smallest absolute Gasteiger partial charge is 0.305 e. The Labute approximate surface area is 279 Å². The summed E-state index contributed by atoms with van der Waals surface area (Å²) in [5, 5.41) is 0. The van der Waals surface area contributed by atoms with Gasteiger partial charge in [0.05, 0.1) is 11.3 Å². The molecule has 0 aliphatic carbocycles. The average molecular weight is 710 g/mol. The fourth-order valence-electron chi connectivity index (χ4n) is 6.32. The van der Waals surface area contributed by atoms with Crippen LogP contribution < -0.4 is 0 Å². The van der Waals surface area contributed by atoms with Crippen LogP contribution in [0.3, 0.4) is 0 Å². The molecular weight excluding hydrogens is 670 g/mol. The monoisotopic (exact) mass is 707 g/mol. The van der Waals surface area contributed by atoms with Crippen LogP contribution in [0.25, 0.3) is 0 Å². The standard InChI is InChI=1S/C18H22NOP.C16H16ClP.Cl3HSi/c1-19(2)21(20)17(15-9-5-3-6-10-15)13-14-18(21)16-11-7-4-8-12-16;17-18-15(13-7-3-1-4-8-13)11-12-16(18)14-9-5-2-6-10-14;1-4(2)3/h3-12,17-18H,13-14H2,1-2H3;1-10,15-16H,11-12H2;4H/t17-,18-;15-,16-;/m11./s1. The van der Waals surface area contributed by atoms with Gasteiger partial charge in [0.15, 0.2) is 7.29 Å². The highest BCUT2D eigenvalue weighted by Gasteiger charge is 2.49. The molecule has 0 N–H and O–H groups in total. The van der Waals surface area contributed by atoms with Gasteiger partial charge in [-0.05, 0) is 62.0 Å². The van der Waals surface area contributed by atoms with E-state index in [4.69, 9.17) is 44.5 Å². The third kappa shape index (κ3) is 8.99. The fraction of sp³-hybridized carbons (Fsp3) is 0.294. The van der Waals surface area contributed by atoms with Crippen LogP contribution in [-0.2, 0) is 4.57 Å². The second-order valence-electron chi connectivity index (χ2n) is 11.0. The second-order valence-corrected chi connectivity index (χ2v) is 23.9. The molecule has 2 fully saturated rings. The number of benzene rings is 4. The van der Waals surface area contributed by atoms with Gasteiger partial charge in [0.2, 0.25) is 0 Å². The number of hydrogen-bond donors (Lipinski definition) is 0. The Kier molecular flexibility index (Phi) is 13.7. The van der Waals surface area contributed by atoms with Crippen molar-refractivity contribution in [2.75, 3.05) is 14.1 Å². The molecule has 2 heterocycles. The maximum Gasteiger partial charge on any atom is 0.326 e. The number of nitrogens with zero attached hydrogens (tertiary/aromatic N) is 1. The highest BCUT2D eigenvalue weighted by molar-refractivity contribution is 7.84. The van der Waals surface area contributed by atoms with Gasteiger partial charge in [0, 0.05) is 18.6 Å². The highest BCUT2D eigenvalue weighted by Crippen LogP contribution is 2.77. The molecule has 0 saturated carbocycles. The van der Waals surface area contributed by atoms with E-state index in [1.807, 2.05) is 55.2 Å². The summed E-state index contributed by atoms with van der Waals surface area (Å²) in [6.07, 6.45) is 4.44. The molecule has 228 valence electrons. The van der Waals surface area contributed by atoms with E-state index in [9.17, 15) is 4.57 Å². The molecule has 2 saturated heterocycles. The third-order valence-corrected chi connectivity index (χ3v) is 16.1. The summed E-state index contributed by atoms with van der Waals surface area (Å²) in [5.41, 5.74) is 6.69. The molecule has 43 heavy (non-hydrogen) atoms. The van der Waals surface area contributed by atoms with Crippen LogP contribution in [-0.4, -0.2) is 25.5 Å². The van der Waals surface area contributed by atoms with Crippen molar-refractivity contribution < 1.29 is 4.57 Å². The van der Waals surface area contributed by atoms with Gasteiger partial charge in [0.1, 0.15) is 0 Å². The van der Waals surface area contributed by atoms with Crippen LogP contribution in [0.15, 0.2) is 121 Å². The Bertz CT molecular complexity index is 1320. The number of halogens is 4. The van der Waals surface area contributed by atoms with Crippen LogP contribution in [0, 0.1) is 0 Å². The van der Waals surface area contributed by atoms with Crippen molar-refractivity contribution in [3.8, 4) is 0 Å². The summed E-state index contributed by atoms with van der Waals surface area (Å²) in [4.78, 5) is 0. The second kappa shape index (κ2) is 17.0. The lowest BCUT2D eigenvalue weighted by atomic mass is 10.0. The fourth-order valence-corrected chi connectivity index (χ4v) is 13.5. The van der Waals surface area contributed by atoms with Gasteiger partial charge in [-0.3, -0.25) is 4.67 Å². The minimum Gasteiger partial charge on any atom is -0.305 e. The van der Waals surface area contributed by atoms with E-state index in [1.165, 1.54) is 35.1 Å². The number of hydrogen-bond acceptors (Lipinski definition) is 1. The maximum absolute atomic E-state index is 13.9. The van der Waals surface area contributed by atoms with Crippen LogP contribution in [0.4, 0.5) is 0 Å². The molecule has 2 aliphatic rings. The predicted molar refractivity (Wildman–Crippen MR) is 194 cm³/mol. The first-order chi connectivity index (χ1) is 20.7. The molecule has 0 bridgehead atoms. The molecule has 2 aliphatic heterocycles. The van der Waals surface area contributed by atoms with Crippen molar-refractivity contribution in [2.24, 2.45) is 0 Å². The van der Waals surface area contributed by atoms with Crippen LogP contribution in [0.2, 0.25) is 0 Å². The van der Waals surface area contributed by atoms with Gasteiger partial charge in [-0.25, -0.2) is 0 Å². The molecule has 0 unspecified atom stereocenters. The Morgan fingerprint density at radius 3 is 1.14 bits per heavy atom. The van der Waals surface area contributed by atoms with E-state index >= 15 is 0 Å². The van der Waals surface area contributed by atoms with Crippen LogP contribution in [0.5, 0.6) is 0 Å². The largest absolute Gasteiger partial charge is 0.326 e. The summed E-state index contributed by atoms with van der Waals surface area (Å²) in [7, 11) is 0.995. The quantitative estimate of drug-likeness (QED) is 0.117. The molecule has 4 aromatic rings.